The second kappa shape index (κ2) is 5.57. The summed E-state index contributed by atoms with van der Waals surface area (Å²) in [5.74, 6) is -1.36. The Morgan fingerprint density at radius 1 is 1.42 bits per heavy atom. The van der Waals surface area contributed by atoms with Gasteiger partial charge < -0.3 is 9.84 Å². The van der Waals surface area contributed by atoms with Gasteiger partial charge in [0.15, 0.2) is 0 Å². The molecular formula is C8H14O4. The van der Waals surface area contributed by atoms with E-state index in [1.165, 1.54) is 0 Å². The summed E-state index contributed by atoms with van der Waals surface area (Å²) < 4.78 is 4.66. The SMILES string of the molecule is CCOC(=O)CC(C)CC(=O)O. The van der Waals surface area contributed by atoms with Gasteiger partial charge in [0.2, 0.25) is 0 Å². The minimum atomic E-state index is -0.883. The van der Waals surface area contributed by atoms with Crippen LogP contribution in [0.15, 0.2) is 0 Å². The average molecular weight is 174 g/mol. The van der Waals surface area contributed by atoms with Gasteiger partial charge in [-0.3, -0.25) is 9.59 Å². The van der Waals surface area contributed by atoms with Gasteiger partial charge >= 0.3 is 11.9 Å². The lowest BCUT2D eigenvalue weighted by molar-refractivity contribution is -0.144. The van der Waals surface area contributed by atoms with E-state index in [0.717, 1.165) is 0 Å². The highest BCUT2D eigenvalue weighted by Gasteiger charge is 2.12. The lowest BCUT2D eigenvalue weighted by atomic mass is 10.0. The van der Waals surface area contributed by atoms with Crippen LogP contribution >= 0.6 is 0 Å². The van der Waals surface area contributed by atoms with Gasteiger partial charge in [0.25, 0.3) is 0 Å². The van der Waals surface area contributed by atoms with Gasteiger partial charge in [-0.25, -0.2) is 0 Å². The first-order chi connectivity index (χ1) is 5.56. The maximum Gasteiger partial charge on any atom is 0.306 e. The zero-order valence-electron chi connectivity index (χ0n) is 7.37. The van der Waals surface area contributed by atoms with Crippen molar-refractivity contribution in [1.82, 2.24) is 0 Å². The number of carbonyl (C=O) groups excluding carboxylic acids is 1. The van der Waals surface area contributed by atoms with E-state index in [1.54, 1.807) is 13.8 Å². The number of ether oxygens (including phenoxy) is 1. The fourth-order valence-electron chi connectivity index (χ4n) is 0.875. The molecule has 0 rings (SSSR count). The number of carboxylic acid groups (broad SMARTS) is 1. The maximum atomic E-state index is 10.8. The number of hydrogen-bond acceptors (Lipinski definition) is 3. The normalized spacial score (nSPS) is 12.2. The fraction of sp³-hybridized carbons (Fsp3) is 0.750. The molecule has 0 amide bonds. The smallest absolute Gasteiger partial charge is 0.306 e. The molecule has 0 aliphatic rings. The first kappa shape index (κ1) is 10.9. The molecule has 0 aliphatic heterocycles. The van der Waals surface area contributed by atoms with Gasteiger partial charge in [-0.15, -0.1) is 0 Å². The van der Waals surface area contributed by atoms with Gasteiger partial charge in [-0.2, -0.15) is 0 Å². The van der Waals surface area contributed by atoms with Gasteiger partial charge in [0.1, 0.15) is 0 Å². The highest BCUT2D eigenvalue weighted by atomic mass is 16.5. The Morgan fingerprint density at radius 3 is 2.42 bits per heavy atom. The Labute approximate surface area is 71.5 Å². The first-order valence-electron chi connectivity index (χ1n) is 3.93. The molecule has 0 fully saturated rings. The molecule has 0 spiro atoms. The zero-order valence-corrected chi connectivity index (χ0v) is 7.37. The van der Waals surface area contributed by atoms with Crippen LogP contribution < -0.4 is 0 Å². The van der Waals surface area contributed by atoms with Crippen molar-refractivity contribution in [2.24, 2.45) is 5.92 Å². The Bertz CT molecular complexity index is 164. The Kier molecular flexibility index (Phi) is 5.08. The van der Waals surface area contributed by atoms with Gasteiger partial charge in [0.05, 0.1) is 6.61 Å². The number of rotatable bonds is 5. The molecule has 0 saturated carbocycles. The van der Waals surface area contributed by atoms with Crippen LogP contribution in [0.25, 0.3) is 0 Å². The molecule has 70 valence electrons. The summed E-state index contributed by atoms with van der Waals surface area (Å²) in [6.45, 7) is 3.78. The second-order valence-corrected chi connectivity index (χ2v) is 2.71. The molecule has 4 nitrogen and oxygen atoms in total. The highest BCUT2D eigenvalue weighted by Crippen LogP contribution is 2.07. The molecule has 1 N–H and O–H groups in total. The van der Waals surface area contributed by atoms with E-state index in [4.69, 9.17) is 5.11 Å². The molecule has 4 heteroatoms. The fourth-order valence-corrected chi connectivity index (χ4v) is 0.875. The molecule has 0 aromatic heterocycles. The summed E-state index contributed by atoms with van der Waals surface area (Å²) in [5, 5.41) is 8.37. The van der Waals surface area contributed by atoms with Gasteiger partial charge in [0, 0.05) is 12.8 Å². The number of carbonyl (C=O) groups is 2. The molecule has 1 atom stereocenters. The molecular weight excluding hydrogens is 160 g/mol. The monoisotopic (exact) mass is 174 g/mol. The Hall–Kier alpha value is -1.06. The summed E-state index contributed by atoms with van der Waals surface area (Å²) in [4.78, 5) is 21.0. The lowest BCUT2D eigenvalue weighted by Gasteiger charge is -2.06. The number of aliphatic carboxylic acids is 1. The van der Waals surface area contributed by atoms with Crippen LogP contribution in [0, 0.1) is 5.92 Å². The van der Waals surface area contributed by atoms with Crippen LogP contribution in [0.5, 0.6) is 0 Å². The highest BCUT2D eigenvalue weighted by molar-refractivity contribution is 5.72. The van der Waals surface area contributed by atoms with Crippen molar-refractivity contribution in [3.05, 3.63) is 0 Å². The topological polar surface area (TPSA) is 63.6 Å². The standard InChI is InChI=1S/C8H14O4/c1-3-12-8(11)5-6(2)4-7(9)10/h6H,3-5H2,1-2H3,(H,9,10). The Balaban J connectivity index is 3.61. The molecule has 0 aromatic rings. The van der Waals surface area contributed by atoms with Crippen molar-refractivity contribution in [2.75, 3.05) is 6.61 Å². The molecule has 0 aromatic carbocycles. The summed E-state index contributed by atoms with van der Waals surface area (Å²) in [7, 11) is 0. The van der Waals surface area contributed by atoms with Crippen molar-refractivity contribution in [3.8, 4) is 0 Å². The van der Waals surface area contributed by atoms with Crippen LogP contribution in [-0.2, 0) is 14.3 Å². The van der Waals surface area contributed by atoms with Gasteiger partial charge in [-0.05, 0) is 12.8 Å². The molecule has 12 heavy (non-hydrogen) atoms. The van der Waals surface area contributed by atoms with Gasteiger partial charge in [-0.1, -0.05) is 6.92 Å². The Morgan fingerprint density at radius 2 is 2.00 bits per heavy atom. The first-order valence-corrected chi connectivity index (χ1v) is 3.93. The molecule has 0 bridgehead atoms. The summed E-state index contributed by atoms with van der Waals surface area (Å²) in [6, 6.07) is 0. The van der Waals surface area contributed by atoms with Crippen molar-refractivity contribution < 1.29 is 19.4 Å². The summed E-state index contributed by atoms with van der Waals surface area (Å²) in [6.07, 6.45) is 0.193. The number of hydrogen-bond donors (Lipinski definition) is 1. The third-order valence-corrected chi connectivity index (χ3v) is 1.34. The maximum absolute atomic E-state index is 10.8. The van der Waals surface area contributed by atoms with E-state index in [9.17, 15) is 9.59 Å². The van der Waals surface area contributed by atoms with Crippen molar-refractivity contribution in [1.29, 1.82) is 0 Å². The zero-order chi connectivity index (χ0) is 9.56. The van der Waals surface area contributed by atoms with Crippen LogP contribution in [0.2, 0.25) is 0 Å². The largest absolute Gasteiger partial charge is 0.481 e. The lowest BCUT2D eigenvalue weighted by Crippen LogP contribution is -2.12. The van der Waals surface area contributed by atoms with E-state index < -0.39 is 5.97 Å². The van der Waals surface area contributed by atoms with E-state index in [1.807, 2.05) is 0 Å². The minimum Gasteiger partial charge on any atom is -0.481 e. The van der Waals surface area contributed by atoms with Crippen molar-refractivity contribution in [3.63, 3.8) is 0 Å². The average Bonchev–Trinajstić information content (AvgIpc) is 1.84. The van der Waals surface area contributed by atoms with E-state index in [2.05, 4.69) is 4.74 Å². The third kappa shape index (κ3) is 5.70. The number of carboxylic acids is 1. The van der Waals surface area contributed by atoms with E-state index in [-0.39, 0.29) is 24.7 Å². The van der Waals surface area contributed by atoms with Crippen LogP contribution in [0.1, 0.15) is 26.7 Å². The van der Waals surface area contributed by atoms with Crippen LogP contribution in [0.4, 0.5) is 0 Å². The van der Waals surface area contributed by atoms with E-state index >= 15 is 0 Å². The van der Waals surface area contributed by atoms with Crippen LogP contribution in [-0.4, -0.2) is 23.7 Å². The van der Waals surface area contributed by atoms with Crippen molar-refractivity contribution in [2.45, 2.75) is 26.7 Å². The predicted molar refractivity (Wildman–Crippen MR) is 42.7 cm³/mol. The predicted octanol–water partition coefficient (Wildman–Crippen LogP) is 1.05. The summed E-state index contributed by atoms with van der Waals surface area (Å²) >= 11 is 0. The molecule has 0 heterocycles. The van der Waals surface area contributed by atoms with Crippen LogP contribution in [0.3, 0.4) is 0 Å². The van der Waals surface area contributed by atoms with Crippen molar-refractivity contribution >= 4 is 11.9 Å². The molecule has 0 radical (unpaired) electrons. The molecule has 0 aliphatic carbocycles. The second-order valence-electron chi connectivity index (χ2n) is 2.71. The third-order valence-electron chi connectivity index (χ3n) is 1.34. The minimum absolute atomic E-state index is 0.0127. The molecule has 0 saturated heterocycles. The quantitative estimate of drug-likeness (QED) is 0.633. The van der Waals surface area contributed by atoms with E-state index in [0.29, 0.717) is 6.61 Å². The summed E-state index contributed by atoms with van der Waals surface area (Å²) in [5.41, 5.74) is 0. The molecule has 1 unspecified atom stereocenters. The number of esters is 1.